The number of hydrogen-bond donors (Lipinski definition) is 1. The van der Waals surface area contributed by atoms with Crippen molar-refractivity contribution in [3.63, 3.8) is 0 Å². The van der Waals surface area contributed by atoms with Crippen LogP contribution >= 0.6 is 0 Å². The Hall–Kier alpha value is -1.13. The van der Waals surface area contributed by atoms with Gasteiger partial charge >= 0.3 is 0 Å². The van der Waals surface area contributed by atoms with Crippen LogP contribution in [0.3, 0.4) is 0 Å². The molecule has 0 aromatic carbocycles. The molecular formula is C14H24N4. The van der Waals surface area contributed by atoms with Gasteiger partial charge in [-0.1, -0.05) is 0 Å². The van der Waals surface area contributed by atoms with E-state index in [9.17, 15) is 0 Å². The van der Waals surface area contributed by atoms with Gasteiger partial charge in [0.05, 0.1) is 0 Å². The fourth-order valence-corrected chi connectivity index (χ4v) is 2.62. The van der Waals surface area contributed by atoms with Crippen LogP contribution in [-0.2, 0) is 6.54 Å². The second kappa shape index (κ2) is 5.67. The topological polar surface area (TPSA) is 45.4 Å². The van der Waals surface area contributed by atoms with Crippen molar-refractivity contribution in [1.29, 1.82) is 0 Å². The number of pyridine rings is 1. The maximum atomic E-state index is 5.90. The van der Waals surface area contributed by atoms with Crippen molar-refractivity contribution < 1.29 is 0 Å². The average molecular weight is 248 g/mol. The highest BCUT2D eigenvalue weighted by atomic mass is 15.2. The molecule has 0 spiro atoms. The summed E-state index contributed by atoms with van der Waals surface area (Å²) in [5.41, 5.74) is 9.44. The predicted octanol–water partition coefficient (Wildman–Crippen LogP) is 1.30. The van der Waals surface area contributed by atoms with E-state index < -0.39 is 0 Å². The molecule has 0 atom stereocenters. The highest BCUT2D eigenvalue weighted by molar-refractivity contribution is 5.51. The van der Waals surface area contributed by atoms with Crippen LogP contribution in [0.2, 0.25) is 0 Å². The van der Waals surface area contributed by atoms with E-state index >= 15 is 0 Å². The van der Waals surface area contributed by atoms with E-state index in [4.69, 9.17) is 10.7 Å². The maximum absolute atomic E-state index is 5.90. The standard InChI is InChI=1S/C14H24N4/c1-11-9-12(2)16-14(13(11)10-15)18-6-4-5-17(3)7-8-18/h9H,4-8,10,15H2,1-3H3. The number of aryl methyl sites for hydroxylation is 2. The Balaban J connectivity index is 2.31. The van der Waals surface area contributed by atoms with Crippen molar-refractivity contribution in [3.8, 4) is 0 Å². The summed E-state index contributed by atoms with van der Waals surface area (Å²) in [7, 11) is 2.18. The highest BCUT2D eigenvalue weighted by Crippen LogP contribution is 2.23. The number of nitrogens with two attached hydrogens (primary N) is 1. The zero-order chi connectivity index (χ0) is 13.1. The first-order valence-electron chi connectivity index (χ1n) is 6.72. The van der Waals surface area contributed by atoms with Crippen molar-refractivity contribution in [1.82, 2.24) is 9.88 Å². The van der Waals surface area contributed by atoms with Crippen LogP contribution in [0.15, 0.2) is 6.07 Å². The molecular weight excluding hydrogens is 224 g/mol. The molecule has 2 rings (SSSR count). The second-order valence-corrected chi connectivity index (χ2v) is 5.23. The van der Waals surface area contributed by atoms with Gasteiger partial charge in [0.1, 0.15) is 5.82 Å². The fourth-order valence-electron chi connectivity index (χ4n) is 2.62. The quantitative estimate of drug-likeness (QED) is 0.857. The molecule has 1 fully saturated rings. The Kier molecular flexibility index (Phi) is 4.19. The van der Waals surface area contributed by atoms with Crippen LogP contribution in [0, 0.1) is 13.8 Å². The smallest absolute Gasteiger partial charge is 0.133 e. The molecule has 0 aliphatic carbocycles. The number of hydrogen-bond acceptors (Lipinski definition) is 4. The second-order valence-electron chi connectivity index (χ2n) is 5.23. The van der Waals surface area contributed by atoms with Gasteiger partial charge < -0.3 is 15.5 Å². The zero-order valence-corrected chi connectivity index (χ0v) is 11.7. The van der Waals surface area contributed by atoms with Gasteiger partial charge in [0.25, 0.3) is 0 Å². The summed E-state index contributed by atoms with van der Waals surface area (Å²) in [6, 6.07) is 2.12. The number of aromatic nitrogens is 1. The Bertz CT molecular complexity index is 417. The first-order chi connectivity index (χ1) is 8.61. The Morgan fingerprint density at radius 3 is 2.72 bits per heavy atom. The molecule has 2 N–H and O–H groups in total. The number of likely N-dealkylation sites (N-methyl/N-ethyl adjacent to an activating group) is 1. The molecule has 18 heavy (non-hydrogen) atoms. The third kappa shape index (κ3) is 2.82. The van der Waals surface area contributed by atoms with E-state index in [1.807, 2.05) is 0 Å². The van der Waals surface area contributed by atoms with Gasteiger partial charge in [0, 0.05) is 37.4 Å². The fraction of sp³-hybridized carbons (Fsp3) is 0.643. The Labute approximate surface area is 110 Å². The Morgan fingerprint density at radius 2 is 2.00 bits per heavy atom. The predicted molar refractivity (Wildman–Crippen MR) is 75.9 cm³/mol. The average Bonchev–Trinajstić information content (AvgIpc) is 2.53. The van der Waals surface area contributed by atoms with E-state index in [0.717, 1.165) is 31.1 Å². The molecule has 100 valence electrons. The summed E-state index contributed by atoms with van der Waals surface area (Å²) in [4.78, 5) is 9.50. The van der Waals surface area contributed by atoms with Crippen LogP contribution in [-0.4, -0.2) is 43.1 Å². The van der Waals surface area contributed by atoms with Crippen LogP contribution < -0.4 is 10.6 Å². The molecule has 1 aromatic rings. The summed E-state index contributed by atoms with van der Waals surface area (Å²) < 4.78 is 0. The number of nitrogens with zero attached hydrogens (tertiary/aromatic N) is 3. The molecule has 0 amide bonds. The first-order valence-corrected chi connectivity index (χ1v) is 6.72. The molecule has 0 bridgehead atoms. The van der Waals surface area contributed by atoms with Crippen molar-refractivity contribution in [2.45, 2.75) is 26.8 Å². The minimum Gasteiger partial charge on any atom is -0.355 e. The number of rotatable bonds is 2. The molecule has 0 saturated carbocycles. The van der Waals surface area contributed by atoms with Gasteiger partial charge in [-0.15, -0.1) is 0 Å². The molecule has 4 nitrogen and oxygen atoms in total. The van der Waals surface area contributed by atoms with Crippen molar-refractivity contribution in [3.05, 3.63) is 22.9 Å². The van der Waals surface area contributed by atoms with Crippen molar-refractivity contribution in [2.75, 3.05) is 38.1 Å². The van der Waals surface area contributed by atoms with Crippen LogP contribution in [0.4, 0.5) is 5.82 Å². The first kappa shape index (κ1) is 13.3. The lowest BCUT2D eigenvalue weighted by atomic mass is 10.1. The summed E-state index contributed by atoms with van der Waals surface area (Å²) in [5, 5.41) is 0. The van der Waals surface area contributed by atoms with Crippen LogP contribution in [0.25, 0.3) is 0 Å². The zero-order valence-electron chi connectivity index (χ0n) is 11.7. The molecule has 0 radical (unpaired) electrons. The van der Waals surface area contributed by atoms with E-state index in [-0.39, 0.29) is 0 Å². The molecule has 2 heterocycles. The SMILES string of the molecule is Cc1cc(C)c(CN)c(N2CCCN(C)CC2)n1. The van der Waals surface area contributed by atoms with E-state index in [1.54, 1.807) is 0 Å². The third-order valence-electron chi connectivity index (χ3n) is 3.68. The molecule has 0 unspecified atom stereocenters. The monoisotopic (exact) mass is 248 g/mol. The van der Waals surface area contributed by atoms with Crippen LogP contribution in [0.5, 0.6) is 0 Å². The van der Waals surface area contributed by atoms with Gasteiger partial charge in [0.15, 0.2) is 0 Å². The minimum atomic E-state index is 0.570. The van der Waals surface area contributed by atoms with E-state index in [2.05, 4.69) is 36.8 Å². The van der Waals surface area contributed by atoms with Crippen LogP contribution in [0.1, 0.15) is 23.2 Å². The summed E-state index contributed by atoms with van der Waals surface area (Å²) in [5.74, 6) is 1.10. The van der Waals surface area contributed by atoms with Gasteiger partial charge in [-0.3, -0.25) is 0 Å². The van der Waals surface area contributed by atoms with Crippen molar-refractivity contribution >= 4 is 5.82 Å². The highest BCUT2D eigenvalue weighted by Gasteiger charge is 2.17. The molecule has 1 aliphatic rings. The maximum Gasteiger partial charge on any atom is 0.133 e. The Morgan fingerprint density at radius 1 is 1.22 bits per heavy atom. The lowest BCUT2D eigenvalue weighted by molar-refractivity contribution is 0.360. The molecule has 1 aromatic heterocycles. The molecule has 4 heteroatoms. The van der Waals surface area contributed by atoms with Gasteiger partial charge in [-0.2, -0.15) is 0 Å². The van der Waals surface area contributed by atoms with Gasteiger partial charge in [-0.05, 0) is 45.5 Å². The molecule has 1 aliphatic heterocycles. The lowest BCUT2D eigenvalue weighted by Crippen LogP contribution is -2.31. The summed E-state index contributed by atoms with van der Waals surface area (Å²) >= 11 is 0. The van der Waals surface area contributed by atoms with E-state index in [1.165, 1.54) is 24.1 Å². The minimum absolute atomic E-state index is 0.570. The normalized spacial score (nSPS) is 17.9. The van der Waals surface area contributed by atoms with Gasteiger partial charge in [0.2, 0.25) is 0 Å². The largest absolute Gasteiger partial charge is 0.355 e. The van der Waals surface area contributed by atoms with Crippen molar-refractivity contribution in [2.24, 2.45) is 5.73 Å². The third-order valence-corrected chi connectivity index (χ3v) is 3.68. The number of anilines is 1. The summed E-state index contributed by atoms with van der Waals surface area (Å²) in [6.45, 7) is 9.14. The van der Waals surface area contributed by atoms with Gasteiger partial charge in [-0.25, -0.2) is 4.98 Å². The molecule has 1 saturated heterocycles. The van der Waals surface area contributed by atoms with E-state index in [0.29, 0.717) is 6.54 Å². The lowest BCUT2D eigenvalue weighted by Gasteiger charge is -2.25. The summed E-state index contributed by atoms with van der Waals surface area (Å²) in [6.07, 6.45) is 1.19.